The summed E-state index contributed by atoms with van der Waals surface area (Å²) in [5.74, 6) is 0. The van der Waals surface area contributed by atoms with Crippen molar-refractivity contribution in [2.24, 2.45) is 0 Å². The second-order valence-corrected chi connectivity index (χ2v) is 3.51. The van der Waals surface area contributed by atoms with E-state index in [4.69, 9.17) is 11.6 Å². The van der Waals surface area contributed by atoms with Crippen molar-refractivity contribution >= 4 is 11.6 Å². The summed E-state index contributed by atoms with van der Waals surface area (Å²) in [5.41, 5.74) is 1.35. The van der Waals surface area contributed by atoms with Gasteiger partial charge in [-0.1, -0.05) is 56.0 Å². The molecule has 0 saturated carbocycles. The molecule has 0 radical (unpaired) electrons. The van der Waals surface area contributed by atoms with Gasteiger partial charge >= 0.3 is 0 Å². The lowest BCUT2D eigenvalue weighted by Gasteiger charge is -2.13. The molecule has 0 rings (SSSR count). The lowest BCUT2D eigenvalue weighted by atomic mass is 10.1. The molecule has 0 aromatic heterocycles. The molecule has 0 unspecified atom stereocenters. The van der Waals surface area contributed by atoms with Gasteiger partial charge in [0.15, 0.2) is 0 Å². The molecule has 0 amide bonds. The third kappa shape index (κ3) is 7.13. The van der Waals surface area contributed by atoms with Crippen LogP contribution in [-0.4, -0.2) is 22.4 Å². The highest BCUT2D eigenvalue weighted by Crippen LogP contribution is 2.07. The van der Waals surface area contributed by atoms with Crippen LogP contribution in [0.4, 0.5) is 0 Å². The van der Waals surface area contributed by atoms with Gasteiger partial charge in [-0.2, -0.15) is 0 Å². The topological polar surface area (TPSA) is 40.5 Å². The Morgan fingerprint density at radius 3 is 2.50 bits per heavy atom. The maximum absolute atomic E-state index is 9.49. The molecular formula is C11H19ClO2. The molecule has 0 aliphatic carbocycles. The van der Waals surface area contributed by atoms with Gasteiger partial charge in [-0.05, 0) is 6.42 Å². The molecule has 0 bridgehead atoms. The lowest BCUT2D eigenvalue weighted by molar-refractivity contribution is 0.0415. The highest BCUT2D eigenvalue weighted by atomic mass is 35.5. The van der Waals surface area contributed by atoms with Crippen molar-refractivity contribution in [2.45, 2.75) is 44.8 Å². The van der Waals surface area contributed by atoms with E-state index >= 15 is 0 Å². The van der Waals surface area contributed by atoms with Crippen molar-refractivity contribution in [2.75, 3.05) is 0 Å². The average Bonchev–Trinajstić information content (AvgIpc) is 2.18. The normalized spacial score (nSPS) is 16.6. The fourth-order valence-corrected chi connectivity index (χ4v) is 1.21. The minimum atomic E-state index is -0.792. The molecule has 2 nitrogen and oxygen atoms in total. The zero-order chi connectivity index (χ0) is 10.8. The predicted molar refractivity (Wildman–Crippen MR) is 60.3 cm³/mol. The van der Waals surface area contributed by atoms with Gasteiger partial charge in [-0.25, -0.2) is 0 Å². The van der Waals surface area contributed by atoms with Crippen molar-refractivity contribution in [1.82, 2.24) is 0 Å². The first-order valence-electron chi connectivity index (χ1n) is 5.02. The maximum atomic E-state index is 9.49. The molecule has 2 atom stereocenters. The van der Waals surface area contributed by atoms with Gasteiger partial charge in [0, 0.05) is 5.54 Å². The number of hydrogen-bond acceptors (Lipinski definition) is 2. The highest BCUT2D eigenvalue weighted by Gasteiger charge is 2.11. The summed E-state index contributed by atoms with van der Waals surface area (Å²) in [6.45, 7) is 2.11. The molecule has 0 spiro atoms. The molecular weight excluding hydrogens is 200 g/mol. The van der Waals surface area contributed by atoms with Crippen molar-refractivity contribution in [3.63, 3.8) is 0 Å². The second-order valence-electron chi connectivity index (χ2n) is 3.26. The van der Waals surface area contributed by atoms with Gasteiger partial charge < -0.3 is 10.2 Å². The molecule has 82 valence electrons. The zero-order valence-electron chi connectivity index (χ0n) is 8.56. The number of allylic oxidation sites excluding steroid dienone is 2. The van der Waals surface area contributed by atoms with Gasteiger partial charge in [0.1, 0.15) is 0 Å². The number of halogens is 1. The van der Waals surface area contributed by atoms with Gasteiger partial charge in [0.2, 0.25) is 0 Å². The summed E-state index contributed by atoms with van der Waals surface area (Å²) in [4.78, 5) is 0. The van der Waals surface area contributed by atoms with Crippen molar-refractivity contribution in [3.05, 3.63) is 23.8 Å². The Morgan fingerprint density at radius 2 is 1.93 bits per heavy atom. The SMILES string of the molecule is CCCCC[C@H](O)[C@H](O)/C=C/C=C/Cl. The van der Waals surface area contributed by atoms with Crippen LogP contribution < -0.4 is 0 Å². The summed E-state index contributed by atoms with van der Waals surface area (Å²) in [7, 11) is 0. The Balaban J connectivity index is 3.69. The Hall–Kier alpha value is -0.310. The molecule has 0 heterocycles. The predicted octanol–water partition coefficient (Wildman–Crippen LogP) is 2.60. The molecule has 0 fully saturated rings. The van der Waals surface area contributed by atoms with Crippen LogP contribution in [0.1, 0.15) is 32.6 Å². The highest BCUT2D eigenvalue weighted by molar-refractivity contribution is 6.25. The van der Waals surface area contributed by atoms with Crippen molar-refractivity contribution in [3.8, 4) is 0 Å². The molecule has 0 aromatic carbocycles. The molecule has 2 N–H and O–H groups in total. The first-order chi connectivity index (χ1) is 6.72. The van der Waals surface area contributed by atoms with Crippen LogP contribution in [0.15, 0.2) is 23.8 Å². The summed E-state index contributed by atoms with van der Waals surface area (Å²) in [6, 6.07) is 0. The average molecular weight is 219 g/mol. The fourth-order valence-electron chi connectivity index (χ4n) is 1.12. The first-order valence-corrected chi connectivity index (χ1v) is 5.45. The monoisotopic (exact) mass is 218 g/mol. The van der Waals surface area contributed by atoms with E-state index in [9.17, 15) is 10.2 Å². The van der Waals surface area contributed by atoms with Crippen LogP contribution in [0, 0.1) is 0 Å². The molecule has 3 heteroatoms. The maximum Gasteiger partial charge on any atom is 0.0982 e. The van der Waals surface area contributed by atoms with E-state index in [2.05, 4.69) is 6.92 Å². The van der Waals surface area contributed by atoms with E-state index in [0.29, 0.717) is 6.42 Å². The summed E-state index contributed by atoms with van der Waals surface area (Å²) in [5, 5.41) is 18.9. The summed E-state index contributed by atoms with van der Waals surface area (Å²) in [6.07, 6.45) is 7.11. The number of aliphatic hydroxyl groups is 2. The van der Waals surface area contributed by atoms with Crippen LogP contribution in [0.5, 0.6) is 0 Å². The van der Waals surface area contributed by atoms with Crippen LogP contribution in [0.2, 0.25) is 0 Å². The number of unbranched alkanes of at least 4 members (excludes halogenated alkanes) is 2. The van der Waals surface area contributed by atoms with Crippen LogP contribution in [0.3, 0.4) is 0 Å². The third-order valence-electron chi connectivity index (χ3n) is 1.99. The van der Waals surface area contributed by atoms with Crippen LogP contribution >= 0.6 is 11.6 Å². The third-order valence-corrected chi connectivity index (χ3v) is 2.14. The molecule has 0 aromatic rings. The largest absolute Gasteiger partial charge is 0.390 e. The minimum absolute atomic E-state index is 0.643. The summed E-state index contributed by atoms with van der Waals surface area (Å²) < 4.78 is 0. The van der Waals surface area contributed by atoms with E-state index in [-0.39, 0.29) is 0 Å². The van der Waals surface area contributed by atoms with Crippen molar-refractivity contribution in [1.29, 1.82) is 0 Å². The van der Waals surface area contributed by atoms with Crippen LogP contribution in [-0.2, 0) is 0 Å². The van der Waals surface area contributed by atoms with E-state index in [1.165, 1.54) is 11.6 Å². The Bertz CT molecular complexity index is 178. The van der Waals surface area contributed by atoms with E-state index in [1.807, 2.05) is 0 Å². The van der Waals surface area contributed by atoms with Gasteiger partial charge in [-0.3, -0.25) is 0 Å². The first kappa shape index (κ1) is 13.7. The van der Waals surface area contributed by atoms with E-state index in [1.54, 1.807) is 12.2 Å². The molecule has 0 aliphatic rings. The minimum Gasteiger partial charge on any atom is -0.390 e. The fraction of sp³-hybridized carbons (Fsp3) is 0.636. The summed E-state index contributed by atoms with van der Waals surface area (Å²) >= 11 is 5.29. The molecule has 0 saturated heterocycles. The number of hydrogen-bond donors (Lipinski definition) is 2. The number of aliphatic hydroxyl groups excluding tert-OH is 2. The Labute approximate surface area is 90.9 Å². The molecule has 0 aliphatic heterocycles. The Morgan fingerprint density at radius 1 is 1.21 bits per heavy atom. The standard InChI is InChI=1S/C11H19ClO2/c1-2-3-4-7-10(13)11(14)8-5-6-9-12/h5-6,8-11,13-14H,2-4,7H2,1H3/b8-5+,9-6+/t10-,11+/m0/s1. The van der Waals surface area contributed by atoms with E-state index < -0.39 is 12.2 Å². The van der Waals surface area contributed by atoms with E-state index in [0.717, 1.165) is 19.3 Å². The molecule has 14 heavy (non-hydrogen) atoms. The number of rotatable bonds is 7. The second kappa shape index (κ2) is 9.25. The van der Waals surface area contributed by atoms with Crippen molar-refractivity contribution < 1.29 is 10.2 Å². The quantitative estimate of drug-likeness (QED) is 0.510. The van der Waals surface area contributed by atoms with Gasteiger partial charge in [-0.15, -0.1) is 0 Å². The smallest absolute Gasteiger partial charge is 0.0982 e. The van der Waals surface area contributed by atoms with Gasteiger partial charge in [0.25, 0.3) is 0 Å². The van der Waals surface area contributed by atoms with Crippen LogP contribution in [0.25, 0.3) is 0 Å². The van der Waals surface area contributed by atoms with Gasteiger partial charge in [0.05, 0.1) is 12.2 Å². The zero-order valence-corrected chi connectivity index (χ0v) is 9.32. The Kier molecular flexibility index (Phi) is 9.05. The lowest BCUT2D eigenvalue weighted by Crippen LogP contribution is -2.23.